The lowest BCUT2D eigenvalue weighted by atomic mass is 10.1. The maximum Gasteiger partial charge on any atom is 0.330 e. The average molecular weight is 299 g/mol. The number of hydrogen-bond donors (Lipinski definition) is 1. The zero-order valence-electron chi connectivity index (χ0n) is 11.0. The second kappa shape index (κ2) is 7.53. The monoisotopic (exact) mass is 299 g/mol. The number of hydrogen-bond acceptors (Lipinski definition) is 5. The van der Waals surface area contributed by atoms with Gasteiger partial charge in [-0.2, -0.15) is 13.8 Å². The lowest BCUT2D eigenvalue weighted by molar-refractivity contribution is -0.168. The predicted octanol–water partition coefficient (Wildman–Crippen LogP) is 2.01. The highest BCUT2D eigenvalue weighted by Crippen LogP contribution is 2.23. The highest BCUT2D eigenvalue weighted by Gasteiger charge is 2.41. The lowest BCUT2D eigenvalue weighted by Crippen LogP contribution is -2.32. The van der Waals surface area contributed by atoms with Crippen molar-refractivity contribution in [2.45, 2.75) is 38.7 Å². The molecule has 9 heteroatoms. The van der Waals surface area contributed by atoms with Crippen LogP contribution in [0, 0.1) is 5.92 Å². The first kappa shape index (κ1) is 16.8. The molecule has 1 heterocycles. The van der Waals surface area contributed by atoms with Crippen molar-refractivity contribution in [3.8, 4) is 0 Å². The van der Waals surface area contributed by atoms with E-state index in [9.17, 15) is 17.6 Å². The molecule has 1 unspecified atom stereocenters. The SMILES string of the molecule is CC(CN)CCc1nc(COCC(F)(F)C(F)F)no1. The summed E-state index contributed by atoms with van der Waals surface area (Å²) >= 11 is 0. The van der Waals surface area contributed by atoms with E-state index in [2.05, 4.69) is 14.9 Å². The van der Waals surface area contributed by atoms with E-state index in [1.807, 2.05) is 6.92 Å². The maximum atomic E-state index is 12.6. The molecule has 1 aromatic rings. The van der Waals surface area contributed by atoms with Gasteiger partial charge < -0.3 is 15.0 Å². The molecule has 1 aromatic heterocycles. The van der Waals surface area contributed by atoms with Crippen LogP contribution in [0.15, 0.2) is 4.52 Å². The van der Waals surface area contributed by atoms with E-state index < -0.39 is 25.6 Å². The van der Waals surface area contributed by atoms with Gasteiger partial charge in [-0.05, 0) is 18.9 Å². The van der Waals surface area contributed by atoms with Crippen LogP contribution in [0.4, 0.5) is 17.6 Å². The lowest BCUT2D eigenvalue weighted by Gasteiger charge is -2.14. The molecule has 116 valence electrons. The molecule has 1 atom stereocenters. The fraction of sp³-hybridized carbons (Fsp3) is 0.818. The minimum atomic E-state index is -4.18. The standard InChI is InChI=1S/C11H17F4N3O2/c1-7(4-16)2-3-9-17-8(18-20-9)5-19-6-11(14,15)10(12)13/h7,10H,2-6,16H2,1H3. The zero-order chi connectivity index (χ0) is 15.2. The van der Waals surface area contributed by atoms with Gasteiger partial charge in [-0.15, -0.1) is 0 Å². The van der Waals surface area contributed by atoms with Gasteiger partial charge >= 0.3 is 12.3 Å². The number of aryl methyl sites for hydroxylation is 1. The third-order valence-electron chi connectivity index (χ3n) is 2.61. The molecule has 2 N–H and O–H groups in total. The van der Waals surface area contributed by atoms with Crippen LogP contribution in [-0.4, -0.2) is 35.6 Å². The molecular weight excluding hydrogens is 282 g/mol. The topological polar surface area (TPSA) is 74.2 Å². The Kier molecular flexibility index (Phi) is 6.34. The summed E-state index contributed by atoms with van der Waals surface area (Å²) in [5, 5.41) is 3.51. The molecule has 0 aromatic carbocycles. The zero-order valence-corrected chi connectivity index (χ0v) is 11.0. The Bertz CT molecular complexity index is 401. The first-order valence-corrected chi connectivity index (χ1v) is 6.10. The summed E-state index contributed by atoms with van der Waals surface area (Å²) in [7, 11) is 0. The third-order valence-corrected chi connectivity index (χ3v) is 2.61. The molecule has 20 heavy (non-hydrogen) atoms. The molecule has 0 spiro atoms. The van der Waals surface area contributed by atoms with Gasteiger partial charge in [0.25, 0.3) is 0 Å². The summed E-state index contributed by atoms with van der Waals surface area (Å²) in [6, 6.07) is 0. The van der Waals surface area contributed by atoms with Crippen molar-refractivity contribution >= 4 is 0 Å². The normalized spacial score (nSPS) is 13.9. The van der Waals surface area contributed by atoms with Crippen LogP contribution in [0.3, 0.4) is 0 Å². The number of ether oxygens (including phenoxy) is 1. The molecular formula is C11H17F4N3O2. The molecule has 0 aliphatic carbocycles. The quantitative estimate of drug-likeness (QED) is 0.706. The Hall–Kier alpha value is -1.22. The van der Waals surface area contributed by atoms with Crippen LogP contribution in [0.1, 0.15) is 25.1 Å². The Labute approximate surface area is 113 Å². The Morgan fingerprint density at radius 3 is 2.70 bits per heavy atom. The fourth-order valence-electron chi connectivity index (χ4n) is 1.28. The van der Waals surface area contributed by atoms with Gasteiger partial charge in [0.2, 0.25) is 5.89 Å². The predicted molar refractivity (Wildman–Crippen MR) is 61.4 cm³/mol. The van der Waals surface area contributed by atoms with Crippen molar-refractivity contribution in [1.29, 1.82) is 0 Å². The van der Waals surface area contributed by atoms with Crippen LogP contribution in [0.25, 0.3) is 0 Å². The van der Waals surface area contributed by atoms with Gasteiger partial charge in [-0.25, -0.2) is 8.78 Å². The summed E-state index contributed by atoms with van der Waals surface area (Å²) < 4.78 is 58.2. The van der Waals surface area contributed by atoms with Crippen LogP contribution in [0.2, 0.25) is 0 Å². The van der Waals surface area contributed by atoms with Gasteiger partial charge in [0.1, 0.15) is 13.2 Å². The Morgan fingerprint density at radius 1 is 1.40 bits per heavy atom. The van der Waals surface area contributed by atoms with E-state index in [1.165, 1.54) is 0 Å². The number of aromatic nitrogens is 2. The molecule has 0 radical (unpaired) electrons. The largest absolute Gasteiger partial charge is 0.367 e. The van der Waals surface area contributed by atoms with Crippen molar-refractivity contribution in [2.75, 3.05) is 13.2 Å². The van der Waals surface area contributed by atoms with Crippen molar-refractivity contribution in [3.63, 3.8) is 0 Å². The van der Waals surface area contributed by atoms with Crippen molar-refractivity contribution < 1.29 is 26.8 Å². The van der Waals surface area contributed by atoms with E-state index in [1.54, 1.807) is 0 Å². The number of halogens is 4. The molecule has 0 fully saturated rings. The minimum Gasteiger partial charge on any atom is -0.367 e. The van der Waals surface area contributed by atoms with Crippen LogP contribution >= 0.6 is 0 Å². The van der Waals surface area contributed by atoms with E-state index >= 15 is 0 Å². The number of nitrogens with zero attached hydrogens (tertiary/aromatic N) is 2. The molecule has 0 aliphatic rings. The van der Waals surface area contributed by atoms with Gasteiger partial charge in [-0.1, -0.05) is 12.1 Å². The molecule has 5 nitrogen and oxygen atoms in total. The second-order valence-electron chi connectivity index (χ2n) is 4.54. The van der Waals surface area contributed by atoms with Crippen molar-refractivity contribution in [3.05, 3.63) is 11.7 Å². The van der Waals surface area contributed by atoms with E-state index in [4.69, 9.17) is 10.3 Å². The summed E-state index contributed by atoms with van der Waals surface area (Å²) in [6.45, 7) is 0.705. The first-order valence-electron chi connectivity index (χ1n) is 6.10. The fourth-order valence-corrected chi connectivity index (χ4v) is 1.28. The van der Waals surface area contributed by atoms with Crippen molar-refractivity contribution in [2.24, 2.45) is 11.7 Å². The number of nitrogens with two attached hydrogens (primary N) is 1. The van der Waals surface area contributed by atoms with Gasteiger partial charge in [0, 0.05) is 6.42 Å². The highest BCUT2D eigenvalue weighted by atomic mass is 19.3. The molecule has 0 aliphatic heterocycles. The van der Waals surface area contributed by atoms with Gasteiger partial charge in [-0.3, -0.25) is 0 Å². The molecule has 0 bridgehead atoms. The van der Waals surface area contributed by atoms with Gasteiger partial charge in [0.05, 0.1) is 0 Å². The van der Waals surface area contributed by atoms with Crippen LogP contribution < -0.4 is 5.73 Å². The Morgan fingerprint density at radius 2 is 2.10 bits per heavy atom. The maximum absolute atomic E-state index is 12.6. The number of alkyl halides is 4. The minimum absolute atomic E-state index is 0.0467. The summed E-state index contributed by atoms with van der Waals surface area (Å²) in [5.74, 6) is -3.50. The van der Waals surface area contributed by atoms with Crippen molar-refractivity contribution in [1.82, 2.24) is 10.1 Å². The number of rotatable bonds is 9. The van der Waals surface area contributed by atoms with Crippen LogP contribution in [0.5, 0.6) is 0 Å². The Balaban J connectivity index is 2.34. The van der Waals surface area contributed by atoms with Crippen LogP contribution in [-0.2, 0) is 17.8 Å². The molecule has 0 saturated heterocycles. The third kappa shape index (κ3) is 5.41. The second-order valence-corrected chi connectivity index (χ2v) is 4.54. The average Bonchev–Trinajstić information content (AvgIpc) is 2.83. The summed E-state index contributed by atoms with van der Waals surface area (Å²) in [6.07, 6.45) is -2.50. The smallest absolute Gasteiger partial charge is 0.330 e. The highest BCUT2D eigenvalue weighted by molar-refractivity contribution is 4.85. The molecule has 0 saturated carbocycles. The summed E-state index contributed by atoms with van der Waals surface area (Å²) in [5.41, 5.74) is 5.45. The summed E-state index contributed by atoms with van der Waals surface area (Å²) in [4.78, 5) is 3.90. The molecule has 0 amide bonds. The van der Waals surface area contributed by atoms with E-state index in [-0.39, 0.29) is 5.82 Å². The van der Waals surface area contributed by atoms with E-state index in [0.29, 0.717) is 24.8 Å². The van der Waals surface area contributed by atoms with Gasteiger partial charge in [0.15, 0.2) is 5.82 Å². The molecule has 1 rings (SSSR count). The van der Waals surface area contributed by atoms with E-state index in [0.717, 1.165) is 6.42 Å². The first-order chi connectivity index (χ1) is 9.35.